The van der Waals surface area contributed by atoms with Crippen molar-refractivity contribution in [2.75, 3.05) is 0 Å². The van der Waals surface area contributed by atoms with E-state index in [4.69, 9.17) is 4.43 Å². The number of benzene rings is 2. The molecule has 112 valence electrons. The number of rotatable bonds is 5. The van der Waals surface area contributed by atoms with E-state index in [0.717, 1.165) is 6.42 Å². The molecule has 1 unspecified atom stereocenters. The first kappa shape index (κ1) is 19.3. The van der Waals surface area contributed by atoms with Gasteiger partial charge in [0.2, 0.25) is 9.04 Å². The smallest absolute Gasteiger partial charge is 0.410 e. The standard InChI is InChI=1S/C19H25OSi.Li/c1-5-18(19(2,3)4)20-21(16-12-8-6-9-13-16)17-14-10-7-11-15-17;/h6-15,18,21H,1,5H2,2-4H3;/q-1;+1. The Morgan fingerprint density at radius 3 is 1.64 bits per heavy atom. The monoisotopic (exact) mass is 304 g/mol. The van der Waals surface area contributed by atoms with Gasteiger partial charge in [0.15, 0.2) is 0 Å². The van der Waals surface area contributed by atoms with Crippen molar-refractivity contribution in [2.45, 2.75) is 33.3 Å². The van der Waals surface area contributed by atoms with Crippen molar-refractivity contribution >= 4 is 19.4 Å². The molecule has 2 rings (SSSR count). The van der Waals surface area contributed by atoms with Crippen molar-refractivity contribution in [3.05, 3.63) is 67.6 Å². The summed E-state index contributed by atoms with van der Waals surface area (Å²) in [5, 5.41) is 2.65. The summed E-state index contributed by atoms with van der Waals surface area (Å²) in [6, 6.07) is 21.2. The molecule has 2 aromatic rings. The first-order valence-electron chi connectivity index (χ1n) is 7.57. The second-order valence-electron chi connectivity index (χ2n) is 6.48. The zero-order valence-corrected chi connectivity index (χ0v) is 15.4. The van der Waals surface area contributed by atoms with Gasteiger partial charge in [-0.1, -0.05) is 81.4 Å². The van der Waals surface area contributed by atoms with Crippen LogP contribution in [0.3, 0.4) is 0 Å². The van der Waals surface area contributed by atoms with Gasteiger partial charge in [0.1, 0.15) is 0 Å². The second kappa shape index (κ2) is 8.74. The molecule has 0 aromatic heterocycles. The molecule has 0 aliphatic rings. The van der Waals surface area contributed by atoms with Gasteiger partial charge in [0.05, 0.1) is 0 Å². The van der Waals surface area contributed by atoms with Crippen molar-refractivity contribution in [2.24, 2.45) is 5.41 Å². The van der Waals surface area contributed by atoms with E-state index in [1.165, 1.54) is 10.4 Å². The average Bonchev–Trinajstić information content (AvgIpc) is 2.49. The minimum atomic E-state index is -1.67. The van der Waals surface area contributed by atoms with Crippen LogP contribution < -0.4 is 29.2 Å². The molecule has 0 radical (unpaired) electrons. The third-order valence-electron chi connectivity index (χ3n) is 3.73. The van der Waals surface area contributed by atoms with Crippen molar-refractivity contribution in [3.8, 4) is 0 Å². The van der Waals surface area contributed by atoms with Gasteiger partial charge in [-0.15, -0.1) is 0 Å². The molecule has 0 spiro atoms. The maximum absolute atomic E-state index is 6.61. The molecule has 3 heteroatoms. The molecule has 0 aliphatic heterocycles. The minimum absolute atomic E-state index is 0. The summed E-state index contributed by atoms with van der Waals surface area (Å²) < 4.78 is 6.61. The zero-order chi connectivity index (χ0) is 15.3. The van der Waals surface area contributed by atoms with E-state index in [-0.39, 0.29) is 30.4 Å². The van der Waals surface area contributed by atoms with E-state index < -0.39 is 9.04 Å². The Bertz CT molecular complexity index is 497. The fourth-order valence-corrected chi connectivity index (χ4v) is 5.19. The molecule has 0 heterocycles. The van der Waals surface area contributed by atoms with Crippen LogP contribution in [0.15, 0.2) is 60.7 Å². The summed E-state index contributed by atoms with van der Waals surface area (Å²) in [4.78, 5) is 0. The molecule has 2 aromatic carbocycles. The van der Waals surface area contributed by atoms with E-state index in [0.29, 0.717) is 0 Å². The van der Waals surface area contributed by atoms with Gasteiger partial charge in [-0.05, 0) is 15.8 Å². The molecule has 1 nitrogen and oxygen atoms in total. The van der Waals surface area contributed by atoms with Gasteiger partial charge in [0, 0.05) is 6.10 Å². The van der Waals surface area contributed by atoms with Gasteiger partial charge in [-0.2, -0.15) is 6.42 Å². The van der Waals surface area contributed by atoms with Gasteiger partial charge in [-0.3, -0.25) is 0 Å². The Morgan fingerprint density at radius 2 is 1.32 bits per heavy atom. The normalized spacial score (nSPS) is 12.8. The van der Waals surface area contributed by atoms with Crippen LogP contribution in [0.25, 0.3) is 0 Å². The molecule has 22 heavy (non-hydrogen) atoms. The largest absolute Gasteiger partial charge is 1.00 e. The molecule has 0 N–H and O–H groups in total. The van der Waals surface area contributed by atoms with Crippen molar-refractivity contribution in [1.82, 2.24) is 0 Å². The SMILES string of the molecule is [CH2-]CC(O[SiH](c1ccccc1)c1ccccc1)C(C)(C)C.[Li+]. The predicted octanol–water partition coefficient (Wildman–Crippen LogP) is 0.184. The summed E-state index contributed by atoms with van der Waals surface area (Å²) >= 11 is 0. The molecular weight excluding hydrogens is 279 g/mol. The van der Waals surface area contributed by atoms with Gasteiger partial charge in [0.25, 0.3) is 0 Å². The summed E-state index contributed by atoms with van der Waals surface area (Å²) in [6.07, 6.45) is 0.974. The Kier molecular flexibility index (Phi) is 7.66. The molecule has 0 fully saturated rings. The summed E-state index contributed by atoms with van der Waals surface area (Å²) in [7, 11) is -1.67. The Balaban J connectivity index is 0.00000242. The van der Waals surface area contributed by atoms with Crippen LogP contribution in [-0.4, -0.2) is 15.1 Å². The predicted molar refractivity (Wildman–Crippen MR) is 93.6 cm³/mol. The fourth-order valence-electron chi connectivity index (χ4n) is 2.47. The Hall–Kier alpha value is -0.786. The van der Waals surface area contributed by atoms with E-state index in [9.17, 15) is 0 Å². The van der Waals surface area contributed by atoms with Crippen LogP contribution in [0, 0.1) is 12.3 Å². The summed E-state index contributed by atoms with van der Waals surface area (Å²) in [6.45, 7) is 10.8. The van der Waals surface area contributed by atoms with Crippen molar-refractivity contribution < 1.29 is 23.3 Å². The third-order valence-corrected chi connectivity index (χ3v) is 6.31. The molecular formula is C19H25LiOSi. The van der Waals surface area contributed by atoms with E-state index >= 15 is 0 Å². The molecule has 0 bridgehead atoms. The molecule has 0 saturated carbocycles. The quantitative estimate of drug-likeness (QED) is 0.566. The molecule has 0 aliphatic carbocycles. The van der Waals surface area contributed by atoms with Crippen molar-refractivity contribution in [3.63, 3.8) is 0 Å². The van der Waals surface area contributed by atoms with Crippen LogP contribution in [0.1, 0.15) is 27.2 Å². The first-order chi connectivity index (χ1) is 10.0. The van der Waals surface area contributed by atoms with Crippen LogP contribution in [0.4, 0.5) is 0 Å². The van der Waals surface area contributed by atoms with Crippen LogP contribution in [0.5, 0.6) is 0 Å². The fraction of sp³-hybridized carbons (Fsp3) is 0.316. The third kappa shape index (κ3) is 5.14. The Labute approximate surface area is 149 Å². The number of hydrogen-bond acceptors (Lipinski definition) is 1. The van der Waals surface area contributed by atoms with Gasteiger partial charge >= 0.3 is 18.9 Å². The van der Waals surface area contributed by atoms with Crippen LogP contribution >= 0.6 is 0 Å². The first-order valence-corrected chi connectivity index (χ1v) is 9.19. The summed E-state index contributed by atoms with van der Waals surface area (Å²) in [5.41, 5.74) is 0.108. The molecule has 0 saturated heterocycles. The Morgan fingerprint density at radius 1 is 0.909 bits per heavy atom. The maximum atomic E-state index is 6.61. The number of hydrogen-bond donors (Lipinski definition) is 0. The van der Waals surface area contributed by atoms with E-state index in [2.05, 4.69) is 88.4 Å². The van der Waals surface area contributed by atoms with Gasteiger partial charge < -0.3 is 11.3 Å². The maximum Gasteiger partial charge on any atom is 1.00 e. The molecule has 0 amide bonds. The summed E-state index contributed by atoms with van der Waals surface area (Å²) in [5.74, 6) is 0. The van der Waals surface area contributed by atoms with E-state index in [1.54, 1.807) is 0 Å². The van der Waals surface area contributed by atoms with Gasteiger partial charge in [-0.25, -0.2) is 0 Å². The zero-order valence-electron chi connectivity index (χ0n) is 14.3. The molecule has 1 atom stereocenters. The average molecular weight is 304 g/mol. The minimum Gasteiger partial charge on any atom is -0.410 e. The van der Waals surface area contributed by atoms with Crippen molar-refractivity contribution in [1.29, 1.82) is 0 Å². The van der Waals surface area contributed by atoms with Crippen LogP contribution in [-0.2, 0) is 4.43 Å². The topological polar surface area (TPSA) is 9.23 Å². The van der Waals surface area contributed by atoms with Crippen LogP contribution in [0.2, 0.25) is 0 Å². The van der Waals surface area contributed by atoms with E-state index in [1.807, 2.05) is 0 Å². The second-order valence-corrected chi connectivity index (χ2v) is 8.85.